The molecule has 0 bridgehead atoms. The minimum atomic E-state index is -3.21. The zero-order chi connectivity index (χ0) is 17.9. The summed E-state index contributed by atoms with van der Waals surface area (Å²) in [5.74, 6) is 0.458. The van der Waals surface area contributed by atoms with Crippen molar-refractivity contribution in [2.24, 2.45) is 0 Å². The van der Waals surface area contributed by atoms with Crippen molar-refractivity contribution in [1.82, 2.24) is 10.3 Å². The maximum Gasteiger partial charge on any atom is 0.251 e. The average molecular weight is 361 g/mol. The maximum atomic E-state index is 12.2. The smallest absolute Gasteiger partial charge is 0.251 e. The van der Waals surface area contributed by atoms with Gasteiger partial charge in [-0.3, -0.25) is 9.10 Å². The van der Waals surface area contributed by atoms with Crippen LogP contribution in [0.3, 0.4) is 0 Å². The molecule has 2 heterocycles. The molecule has 3 rings (SSSR count). The zero-order valence-electron chi connectivity index (χ0n) is 13.8. The molecule has 1 amide bonds. The van der Waals surface area contributed by atoms with Crippen molar-refractivity contribution in [3.8, 4) is 5.88 Å². The van der Waals surface area contributed by atoms with Crippen LogP contribution >= 0.6 is 0 Å². The Kier molecular flexibility index (Phi) is 4.89. The van der Waals surface area contributed by atoms with Gasteiger partial charge in [-0.15, -0.1) is 0 Å². The van der Waals surface area contributed by atoms with Crippen LogP contribution in [0.25, 0.3) is 0 Å². The van der Waals surface area contributed by atoms with E-state index in [-0.39, 0.29) is 11.7 Å². The Morgan fingerprint density at radius 2 is 2.00 bits per heavy atom. The van der Waals surface area contributed by atoms with E-state index in [1.54, 1.807) is 43.6 Å². The summed E-state index contributed by atoms with van der Waals surface area (Å²) in [6.45, 7) is 0.830. The zero-order valence-corrected chi connectivity index (χ0v) is 14.6. The van der Waals surface area contributed by atoms with Gasteiger partial charge in [0.1, 0.15) is 0 Å². The molecule has 1 aliphatic rings. The number of carbonyl (C=O) groups is 1. The SMILES string of the molecule is COc1ccc(CNC(=O)c2ccc(N3CCCS3(=O)=O)cc2)cn1. The van der Waals surface area contributed by atoms with Crippen molar-refractivity contribution >= 4 is 21.6 Å². The van der Waals surface area contributed by atoms with Crippen molar-refractivity contribution in [2.45, 2.75) is 13.0 Å². The Morgan fingerprint density at radius 1 is 1.24 bits per heavy atom. The van der Waals surface area contributed by atoms with Gasteiger partial charge in [-0.05, 0) is 36.2 Å². The number of benzene rings is 1. The van der Waals surface area contributed by atoms with E-state index in [1.165, 1.54) is 4.31 Å². The summed E-state index contributed by atoms with van der Waals surface area (Å²) in [6, 6.07) is 10.1. The first-order valence-electron chi connectivity index (χ1n) is 7.87. The summed E-state index contributed by atoms with van der Waals surface area (Å²) in [7, 11) is -1.67. The van der Waals surface area contributed by atoms with Crippen molar-refractivity contribution in [1.29, 1.82) is 0 Å². The molecule has 2 aromatic rings. The van der Waals surface area contributed by atoms with Gasteiger partial charge in [0.25, 0.3) is 5.91 Å². The Bertz CT molecular complexity index is 848. The number of rotatable bonds is 5. The predicted octanol–water partition coefficient (Wildman–Crippen LogP) is 1.56. The van der Waals surface area contributed by atoms with Gasteiger partial charge in [-0.2, -0.15) is 0 Å². The van der Waals surface area contributed by atoms with Gasteiger partial charge in [0.15, 0.2) is 0 Å². The monoisotopic (exact) mass is 361 g/mol. The molecule has 1 saturated heterocycles. The standard InChI is InChI=1S/C17H19N3O4S/c1-24-16-8-3-13(11-18-16)12-19-17(21)14-4-6-15(7-5-14)20-9-2-10-25(20,22)23/h3-8,11H,2,9-10,12H2,1H3,(H,19,21). The summed E-state index contributed by atoms with van der Waals surface area (Å²) in [4.78, 5) is 16.3. The molecule has 0 atom stereocenters. The molecule has 1 N–H and O–H groups in total. The molecular weight excluding hydrogens is 342 g/mol. The van der Waals surface area contributed by atoms with Gasteiger partial charge in [0.2, 0.25) is 15.9 Å². The Hall–Kier alpha value is -2.61. The maximum absolute atomic E-state index is 12.2. The number of aromatic nitrogens is 1. The van der Waals surface area contributed by atoms with Crippen LogP contribution in [0, 0.1) is 0 Å². The molecule has 1 aromatic carbocycles. The van der Waals surface area contributed by atoms with E-state index in [0.29, 0.717) is 36.6 Å². The van der Waals surface area contributed by atoms with Crippen LogP contribution in [0.5, 0.6) is 5.88 Å². The number of sulfonamides is 1. The van der Waals surface area contributed by atoms with E-state index in [9.17, 15) is 13.2 Å². The van der Waals surface area contributed by atoms with E-state index < -0.39 is 10.0 Å². The van der Waals surface area contributed by atoms with E-state index in [2.05, 4.69) is 10.3 Å². The van der Waals surface area contributed by atoms with E-state index in [4.69, 9.17) is 4.74 Å². The van der Waals surface area contributed by atoms with Crippen molar-refractivity contribution in [3.63, 3.8) is 0 Å². The minimum Gasteiger partial charge on any atom is -0.481 e. The normalized spacial score (nSPS) is 15.8. The van der Waals surface area contributed by atoms with Gasteiger partial charge >= 0.3 is 0 Å². The Balaban J connectivity index is 1.62. The van der Waals surface area contributed by atoms with E-state index in [0.717, 1.165) is 5.56 Å². The number of anilines is 1. The van der Waals surface area contributed by atoms with E-state index >= 15 is 0 Å². The summed E-state index contributed by atoms with van der Waals surface area (Å²) in [5, 5.41) is 2.81. The van der Waals surface area contributed by atoms with Crippen LogP contribution < -0.4 is 14.4 Å². The highest BCUT2D eigenvalue weighted by molar-refractivity contribution is 7.93. The molecule has 8 heteroatoms. The number of pyridine rings is 1. The van der Waals surface area contributed by atoms with Crippen molar-refractivity contribution < 1.29 is 17.9 Å². The summed E-state index contributed by atoms with van der Waals surface area (Å²) in [6.07, 6.45) is 2.26. The van der Waals surface area contributed by atoms with Crippen LogP contribution in [0.1, 0.15) is 22.3 Å². The fourth-order valence-electron chi connectivity index (χ4n) is 2.63. The fourth-order valence-corrected chi connectivity index (χ4v) is 4.19. The van der Waals surface area contributed by atoms with Gasteiger partial charge in [-0.1, -0.05) is 6.07 Å². The van der Waals surface area contributed by atoms with Gasteiger partial charge in [0.05, 0.1) is 18.6 Å². The number of methoxy groups -OCH3 is 1. The van der Waals surface area contributed by atoms with Crippen LogP contribution in [-0.2, 0) is 16.6 Å². The number of ether oxygens (including phenoxy) is 1. The molecule has 0 unspecified atom stereocenters. The third-order valence-corrected chi connectivity index (χ3v) is 5.85. The number of nitrogens with one attached hydrogen (secondary N) is 1. The quantitative estimate of drug-likeness (QED) is 0.873. The molecule has 7 nitrogen and oxygen atoms in total. The van der Waals surface area contributed by atoms with Crippen LogP contribution in [0.4, 0.5) is 5.69 Å². The van der Waals surface area contributed by atoms with Crippen LogP contribution in [-0.4, -0.2) is 38.7 Å². The minimum absolute atomic E-state index is 0.172. The van der Waals surface area contributed by atoms with Crippen LogP contribution in [0.2, 0.25) is 0 Å². The second-order valence-corrected chi connectivity index (χ2v) is 7.69. The lowest BCUT2D eigenvalue weighted by atomic mass is 10.2. The highest BCUT2D eigenvalue weighted by atomic mass is 32.2. The largest absolute Gasteiger partial charge is 0.481 e. The average Bonchev–Trinajstić information content (AvgIpc) is 2.99. The fraction of sp³-hybridized carbons (Fsp3) is 0.294. The molecule has 1 aliphatic heterocycles. The third-order valence-electron chi connectivity index (χ3n) is 3.98. The van der Waals surface area contributed by atoms with Gasteiger partial charge in [-0.25, -0.2) is 13.4 Å². The summed E-state index contributed by atoms with van der Waals surface area (Å²) < 4.78 is 30.2. The molecule has 0 spiro atoms. The lowest BCUT2D eigenvalue weighted by Gasteiger charge is -2.17. The lowest BCUT2D eigenvalue weighted by Crippen LogP contribution is -2.25. The summed E-state index contributed by atoms with van der Waals surface area (Å²) in [5.41, 5.74) is 1.92. The first-order valence-corrected chi connectivity index (χ1v) is 9.48. The first-order chi connectivity index (χ1) is 12.0. The molecule has 0 saturated carbocycles. The molecular formula is C17H19N3O4S. The Labute approximate surface area is 146 Å². The highest BCUT2D eigenvalue weighted by Gasteiger charge is 2.28. The number of nitrogens with zero attached hydrogens (tertiary/aromatic N) is 2. The molecule has 0 radical (unpaired) electrons. The molecule has 132 valence electrons. The number of hydrogen-bond donors (Lipinski definition) is 1. The number of hydrogen-bond acceptors (Lipinski definition) is 5. The van der Waals surface area contributed by atoms with Crippen molar-refractivity contribution in [2.75, 3.05) is 23.7 Å². The molecule has 1 aromatic heterocycles. The third kappa shape index (κ3) is 3.90. The predicted molar refractivity (Wildman–Crippen MR) is 94.2 cm³/mol. The number of carbonyl (C=O) groups excluding carboxylic acids is 1. The Morgan fingerprint density at radius 3 is 2.56 bits per heavy atom. The molecule has 0 aliphatic carbocycles. The molecule has 25 heavy (non-hydrogen) atoms. The second-order valence-electron chi connectivity index (χ2n) is 5.68. The topological polar surface area (TPSA) is 88.6 Å². The highest BCUT2D eigenvalue weighted by Crippen LogP contribution is 2.24. The summed E-state index contributed by atoms with van der Waals surface area (Å²) >= 11 is 0. The number of amides is 1. The molecule has 1 fully saturated rings. The lowest BCUT2D eigenvalue weighted by molar-refractivity contribution is 0.0951. The second kappa shape index (κ2) is 7.10. The van der Waals surface area contributed by atoms with Gasteiger partial charge < -0.3 is 10.1 Å². The van der Waals surface area contributed by atoms with Crippen LogP contribution in [0.15, 0.2) is 42.6 Å². The first kappa shape index (κ1) is 17.2. The van der Waals surface area contributed by atoms with Crippen molar-refractivity contribution in [3.05, 3.63) is 53.7 Å². The van der Waals surface area contributed by atoms with E-state index in [1.807, 2.05) is 6.07 Å². The van der Waals surface area contributed by atoms with Gasteiger partial charge in [0, 0.05) is 30.9 Å².